The van der Waals surface area contributed by atoms with Gasteiger partial charge in [-0.3, -0.25) is 9.89 Å². The van der Waals surface area contributed by atoms with Crippen molar-refractivity contribution in [2.24, 2.45) is 0 Å². The molecule has 22 heavy (non-hydrogen) atoms. The zero-order chi connectivity index (χ0) is 15.4. The maximum Gasteiger partial charge on any atom is 0.257 e. The summed E-state index contributed by atoms with van der Waals surface area (Å²) in [7, 11) is 0. The van der Waals surface area contributed by atoms with E-state index < -0.39 is 0 Å². The van der Waals surface area contributed by atoms with Crippen LogP contribution in [0.4, 0.5) is 11.5 Å². The molecule has 0 saturated carbocycles. The molecule has 1 aromatic carbocycles. The molecule has 0 bridgehead atoms. The molecule has 2 aromatic heterocycles. The lowest BCUT2D eigenvalue weighted by Gasteiger charge is -2.09. The standard InChI is InChI=1S/C15H12IN5O/c16-20-14-12(13-6-7-18-21-13)8-10(9-17-14)15(22)19-11-4-2-1-3-5-11/h1-9H,(H,17,20)(H,18,21)(H,19,22). The summed E-state index contributed by atoms with van der Waals surface area (Å²) < 4.78 is 2.98. The van der Waals surface area contributed by atoms with E-state index in [4.69, 9.17) is 0 Å². The van der Waals surface area contributed by atoms with Gasteiger partial charge in [-0.25, -0.2) is 4.98 Å². The van der Waals surface area contributed by atoms with Gasteiger partial charge in [0.25, 0.3) is 5.91 Å². The minimum atomic E-state index is -0.209. The number of pyridine rings is 1. The van der Waals surface area contributed by atoms with Crippen LogP contribution >= 0.6 is 22.9 Å². The number of carbonyl (C=O) groups excluding carboxylic acids is 1. The molecule has 6 nitrogen and oxygen atoms in total. The van der Waals surface area contributed by atoms with Crippen molar-refractivity contribution in [2.75, 3.05) is 8.85 Å². The first-order chi connectivity index (χ1) is 10.8. The normalized spacial score (nSPS) is 10.2. The lowest BCUT2D eigenvalue weighted by molar-refractivity contribution is 0.102. The number of halogens is 1. The van der Waals surface area contributed by atoms with Crippen molar-refractivity contribution in [3.8, 4) is 11.3 Å². The quantitative estimate of drug-likeness (QED) is 0.459. The first-order valence-corrected chi connectivity index (χ1v) is 7.58. The molecule has 3 aromatic rings. The Bertz CT molecular complexity index is 774. The number of nitrogens with zero attached hydrogens (tertiary/aromatic N) is 2. The molecule has 0 aliphatic heterocycles. The largest absolute Gasteiger partial charge is 0.322 e. The van der Waals surface area contributed by atoms with Gasteiger partial charge < -0.3 is 8.85 Å². The van der Waals surface area contributed by atoms with Gasteiger partial charge in [0, 0.05) is 23.6 Å². The zero-order valence-corrected chi connectivity index (χ0v) is 13.5. The molecular formula is C15H12IN5O. The number of aromatic nitrogens is 3. The van der Waals surface area contributed by atoms with Gasteiger partial charge in [0.2, 0.25) is 0 Å². The lowest BCUT2D eigenvalue weighted by Crippen LogP contribution is -2.12. The van der Waals surface area contributed by atoms with Crippen LogP contribution in [0.3, 0.4) is 0 Å². The highest BCUT2D eigenvalue weighted by Crippen LogP contribution is 2.26. The second-order valence-corrected chi connectivity index (χ2v) is 5.04. The van der Waals surface area contributed by atoms with Gasteiger partial charge in [0.15, 0.2) is 0 Å². The predicted molar refractivity (Wildman–Crippen MR) is 93.9 cm³/mol. The van der Waals surface area contributed by atoms with Crippen LogP contribution in [0, 0.1) is 0 Å². The van der Waals surface area contributed by atoms with Crippen LogP contribution in [-0.4, -0.2) is 21.1 Å². The van der Waals surface area contributed by atoms with E-state index in [1.165, 1.54) is 0 Å². The summed E-state index contributed by atoms with van der Waals surface area (Å²) >= 11 is 2.00. The average molecular weight is 405 g/mol. The average Bonchev–Trinajstić information content (AvgIpc) is 3.09. The fourth-order valence-electron chi connectivity index (χ4n) is 2.00. The third-order valence-electron chi connectivity index (χ3n) is 3.06. The van der Waals surface area contributed by atoms with Gasteiger partial charge in [-0.1, -0.05) is 18.2 Å². The Morgan fingerprint density at radius 1 is 1.18 bits per heavy atom. The van der Waals surface area contributed by atoms with Crippen molar-refractivity contribution in [3.63, 3.8) is 0 Å². The number of anilines is 2. The van der Waals surface area contributed by atoms with E-state index in [9.17, 15) is 4.79 Å². The van der Waals surface area contributed by atoms with Crippen LogP contribution in [0.5, 0.6) is 0 Å². The van der Waals surface area contributed by atoms with E-state index in [0.29, 0.717) is 11.4 Å². The molecular weight excluding hydrogens is 393 g/mol. The number of hydrogen-bond acceptors (Lipinski definition) is 4. The van der Waals surface area contributed by atoms with Gasteiger partial charge >= 0.3 is 0 Å². The maximum absolute atomic E-state index is 12.3. The predicted octanol–water partition coefficient (Wildman–Crippen LogP) is 3.49. The fraction of sp³-hybridized carbons (Fsp3) is 0. The summed E-state index contributed by atoms with van der Waals surface area (Å²) in [5, 5.41) is 9.65. The van der Waals surface area contributed by atoms with Gasteiger partial charge in [0.05, 0.1) is 34.1 Å². The van der Waals surface area contributed by atoms with E-state index >= 15 is 0 Å². The molecule has 0 aliphatic carbocycles. The number of amides is 1. The number of aromatic amines is 1. The molecule has 0 atom stereocenters. The van der Waals surface area contributed by atoms with E-state index in [0.717, 1.165) is 16.9 Å². The van der Waals surface area contributed by atoms with Gasteiger partial charge in [-0.05, 0) is 24.3 Å². The summed E-state index contributed by atoms with van der Waals surface area (Å²) in [5.41, 5.74) is 2.80. The number of nitrogens with one attached hydrogen (secondary N) is 3. The summed E-state index contributed by atoms with van der Waals surface area (Å²) in [6.45, 7) is 0. The van der Waals surface area contributed by atoms with Crippen molar-refractivity contribution in [1.82, 2.24) is 15.2 Å². The number of rotatable bonds is 4. The molecule has 0 spiro atoms. The van der Waals surface area contributed by atoms with Crippen LogP contribution < -0.4 is 8.85 Å². The van der Waals surface area contributed by atoms with Crippen LogP contribution in [0.2, 0.25) is 0 Å². The first-order valence-electron chi connectivity index (χ1n) is 6.51. The Hall–Kier alpha value is -2.42. The Kier molecular flexibility index (Phi) is 4.33. The SMILES string of the molecule is O=C(Nc1ccccc1)c1cnc(NI)c(-c2ccn[nH]2)c1. The molecule has 7 heteroatoms. The third kappa shape index (κ3) is 3.08. The van der Waals surface area contributed by atoms with Crippen LogP contribution in [0.1, 0.15) is 10.4 Å². The molecule has 0 saturated heterocycles. The van der Waals surface area contributed by atoms with Gasteiger partial charge in [0.1, 0.15) is 5.82 Å². The van der Waals surface area contributed by atoms with Crippen molar-refractivity contribution < 1.29 is 4.79 Å². The van der Waals surface area contributed by atoms with E-state index in [1.807, 2.05) is 59.3 Å². The van der Waals surface area contributed by atoms with Crippen molar-refractivity contribution in [2.45, 2.75) is 0 Å². The first kappa shape index (κ1) is 14.5. The molecule has 1 amide bonds. The Labute approximate surface area is 140 Å². The minimum Gasteiger partial charge on any atom is -0.322 e. The molecule has 0 unspecified atom stereocenters. The summed E-state index contributed by atoms with van der Waals surface area (Å²) in [6.07, 6.45) is 3.20. The second kappa shape index (κ2) is 6.56. The third-order valence-corrected chi connectivity index (χ3v) is 3.57. The highest BCUT2D eigenvalue weighted by Gasteiger charge is 2.13. The topological polar surface area (TPSA) is 82.7 Å². The molecule has 3 N–H and O–H groups in total. The highest BCUT2D eigenvalue weighted by atomic mass is 127. The fourth-order valence-corrected chi connectivity index (χ4v) is 2.43. The number of carbonyl (C=O) groups is 1. The van der Waals surface area contributed by atoms with E-state index in [-0.39, 0.29) is 5.91 Å². The van der Waals surface area contributed by atoms with Crippen LogP contribution in [-0.2, 0) is 0 Å². The van der Waals surface area contributed by atoms with Crippen molar-refractivity contribution in [3.05, 3.63) is 60.4 Å². The molecule has 3 rings (SSSR count). The summed E-state index contributed by atoms with van der Waals surface area (Å²) in [4.78, 5) is 16.6. The van der Waals surface area contributed by atoms with E-state index in [2.05, 4.69) is 24.0 Å². The number of benzene rings is 1. The number of para-hydroxylation sites is 1. The lowest BCUT2D eigenvalue weighted by atomic mass is 10.1. The molecule has 2 heterocycles. The Morgan fingerprint density at radius 3 is 2.68 bits per heavy atom. The number of hydrogen-bond donors (Lipinski definition) is 3. The summed E-state index contributed by atoms with van der Waals surface area (Å²) in [5.74, 6) is 0.459. The highest BCUT2D eigenvalue weighted by molar-refractivity contribution is 14.1. The van der Waals surface area contributed by atoms with Gasteiger partial charge in [-0.2, -0.15) is 5.10 Å². The van der Waals surface area contributed by atoms with E-state index in [1.54, 1.807) is 18.5 Å². The Balaban J connectivity index is 1.91. The molecule has 0 radical (unpaired) electrons. The minimum absolute atomic E-state index is 0.209. The van der Waals surface area contributed by atoms with Crippen LogP contribution in [0.15, 0.2) is 54.9 Å². The smallest absolute Gasteiger partial charge is 0.257 e. The Morgan fingerprint density at radius 2 is 2.00 bits per heavy atom. The molecule has 0 aliphatic rings. The molecule has 0 fully saturated rings. The van der Waals surface area contributed by atoms with Gasteiger partial charge in [-0.15, -0.1) is 0 Å². The molecule has 110 valence electrons. The summed E-state index contributed by atoms with van der Waals surface area (Å²) in [6, 6.07) is 12.9. The zero-order valence-electron chi connectivity index (χ0n) is 11.4. The van der Waals surface area contributed by atoms with Crippen molar-refractivity contribution >= 4 is 40.3 Å². The van der Waals surface area contributed by atoms with Crippen LogP contribution in [0.25, 0.3) is 11.3 Å². The second-order valence-electron chi connectivity index (χ2n) is 4.51. The van der Waals surface area contributed by atoms with Crippen molar-refractivity contribution in [1.29, 1.82) is 0 Å². The monoisotopic (exact) mass is 405 g/mol. The maximum atomic E-state index is 12.3. The number of H-pyrrole nitrogens is 1.